The number of hydrogen-bond donors (Lipinski definition) is 0. The van der Waals surface area contributed by atoms with Crippen LogP contribution in [0.2, 0.25) is 0 Å². The van der Waals surface area contributed by atoms with Crippen molar-refractivity contribution in [3.05, 3.63) is 64.5 Å². The molecule has 2 aromatic rings. The van der Waals surface area contributed by atoms with Gasteiger partial charge in [-0.05, 0) is 24.3 Å². The Bertz CT molecular complexity index is 907. The number of non-ortho nitro benzene ring substituents is 1. The molecule has 2 heterocycles. The molecule has 0 aliphatic carbocycles. The maximum absolute atomic E-state index is 12.7. The number of sulfonamides is 1. The first-order valence-corrected chi connectivity index (χ1v) is 9.28. The molecule has 0 saturated carbocycles. The molecular weight excluding hydrogens is 360 g/mol. The van der Waals surface area contributed by atoms with E-state index in [4.69, 9.17) is 0 Å². The Labute approximate surface area is 150 Å². The molecular formula is C16H16N4O5S. The van der Waals surface area contributed by atoms with Crippen LogP contribution in [0.3, 0.4) is 0 Å². The van der Waals surface area contributed by atoms with Gasteiger partial charge in [0.05, 0.1) is 9.82 Å². The van der Waals surface area contributed by atoms with Crippen molar-refractivity contribution in [1.82, 2.24) is 14.2 Å². The van der Waals surface area contributed by atoms with Crippen LogP contribution >= 0.6 is 0 Å². The third-order valence-corrected chi connectivity index (χ3v) is 6.01. The van der Waals surface area contributed by atoms with Crippen LogP contribution in [0.1, 0.15) is 10.5 Å². The summed E-state index contributed by atoms with van der Waals surface area (Å²) in [4.78, 5) is 28.0. The molecule has 0 radical (unpaired) electrons. The van der Waals surface area contributed by atoms with E-state index in [0.717, 1.165) is 12.1 Å². The topological polar surface area (TPSA) is 114 Å². The molecule has 1 aliphatic rings. The number of rotatable bonds is 4. The van der Waals surface area contributed by atoms with Crippen LogP contribution in [0.15, 0.2) is 53.6 Å². The lowest BCUT2D eigenvalue weighted by atomic mass is 10.3. The average molecular weight is 376 g/mol. The SMILES string of the molecule is O=C(c1ccccn1)N1CCN(S(=O)(=O)c2ccc([N+](=O)[O-])cc2)CC1. The molecule has 26 heavy (non-hydrogen) atoms. The number of nitro benzene ring substituents is 1. The van der Waals surface area contributed by atoms with Crippen LogP contribution < -0.4 is 0 Å². The number of nitrogens with zero attached hydrogens (tertiary/aromatic N) is 4. The summed E-state index contributed by atoms with van der Waals surface area (Å²) in [5.74, 6) is -0.238. The van der Waals surface area contributed by atoms with Crippen molar-refractivity contribution in [2.75, 3.05) is 26.2 Å². The van der Waals surface area contributed by atoms with Crippen LogP contribution in [0.4, 0.5) is 5.69 Å². The van der Waals surface area contributed by atoms with E-state index in [1.54, 1.807) is 23.1 Å². The number of pyridine rings is 1. The summed E-state index contributed by atoms with van der Waals surface area (Å²) in [6, 6.07) is 9.81. The minimum absolute atomic E-state index is 0.00685. The largest absolute Gasteiger partial charge is 0.335 e. The van der Waals surface area contributed by atoms with Crippen molar-refractivity contribution in [3.63, 3.8) is 0 Å². The van der Waals surface area contributed by atoms with Crippen LogP contribution in [0.5, 0.6) is 0 Å². The summed E-state index contributed by atoms with van der Waals surface area (Å²) >= 11 is 0. The van der Waals surface area contributed by atoms with Gasteiger partial charge in [0, 0.05) is 44.5 Å². The van der Waals surface area contributed by atoms with E-state index in [0.29, 0.717) is 5.69 Å². The Kier molecular flexibility index (Phi) is 4.96. The molecule has 9 nitrogen and oxygen atoms in total. The molecule has 0 bridgehead atoms. The van der Waals surface area contributed by atoms with E-state index in [-0.39, 0.29) is 42.7 Å². The third kappa shape index (κ3) is 3.55. The summed E-state index contributed by atoms with van der Waals surface area (Å²) in [7, 11) is -3.76. The van der Waals surface area contributed by atoms with Crippen molar-refractivity contribution < 1.29 is 18.1 Å². The van der Waals surface area contributed by atoms with Gasteiger partial charge in [-0.15, -0.1) is 0 Å². The van der Waals surface area contributed by atoms with Gasteiger partial charge in [-0.1, -0.05) is 6.07 Å². The predicted molar refractivity (Wildman–Crippen MR) is 92.0 cm³/mol. The minimum atomic E-state index is -3.76. The molecule has 1 amide bonds. The van der Waals surface area contributed by atoms with Gasteiger partial charge >= 0.3 is 0 Å². The molecule has 1 saturated heterocycles. The van der Waals surface area contributed by atoms with E-state index in [9.17, 15) is 23.3 Å². The van der Waals surface area contributed by atoms with Crippen LogP contribution in [0.25, 0.3) is 0 Å². The standard InChI is InChI=1S/C16H16N4O5S/c21-16(15-3-1-2-8-17-15)18-9-11-19(12-10-18)26(24,25)14-6-4-13(5-7-14)20(22)23/h1-8H,9-12H2. The maximum atomic E-state index is 12.7. The second-order valence-electron chi connectivity index (χ2n) is 5.66. The molecule has 136 valence electrons. The number of piperazine rings is 1. The van der Waals surface area contributed by atoms with Gasteiger partial charge in [-0.3, -0.25) is 19.9 Å². The summed E-state index contributed by atoms with van der Waals surface area (Å²) in [5, 5.41) is 10.7. The number of benzene rings is 1. The summed E-state index contributed by atoms with van der Waals surface area (Å²) < 4.78 is 26.6. The average Bonchev–Trinajstić information content (AvgIpc) is 2.68. The number of aromatic nitrogens is 1. The fourth-order valence-electron chi connectivity index (χ4n) is 2.67. The highest BCUT2D eigenvalue weighted by atomic mass is 32.2. The quantitative estimate of drug-likeness (QED) is 0.584. The number of carbonyl (C=O) groups is 1. The number of hydrogen-bond acceptors (Lipinski definition) is 6. The van der Waals surface area contributed by atoms with Crippen LogP contribution in [0, 0.1) is 10.1 Å². The molecule has 3 rings (SSSR count). The Morgan fingerprint density at radius 3 is 2.23 bits per heavy atom. The molecule has 1 aliphatic heterocycles. The summed E-state index contributed by atoms with van der Waals surface area (Å²) in [6.45, 7) is 0.805. The van der Waals surface area contributed by atoms with Gasteiger partial charge in [0.2, 0.25) is 10.0 Å². The first-order chi connectivity index (χ1) is 12.4. The number of amides is 1. The molecule has 1 fully saturated rings. The van der Waals surface area contributed by atoms with E-state index in [2.05, 4.69) is 4.98 Å². The van der Waals surface area contributed by atoms with Gasteiger partial charge in [-0.25, -0.2) is 8.42 Å². The number of carbonyl (C=O) groups excluding carboxylic acids is 1. The lowest BCUT2D eigenvalue weighted by molar-refractivity contribution is -0.384. The normalized spacial score (nSPS) is 15.6. The Balaban J connectivity index is 1.68. The zero-order chi connectivity index (χ0) is 18.7. The summed E-state index contributed by atoms with van der Waals surface area (Å²) in [5.41, 5.74) is 0.147. The molecule has 1 aromatic heterocycles. The van der Waals surface area contributed by atoms with Gasteiger partial charge < -0.3 is 4.90 Å². The smallest absolute Gasteiger partial charge is 0.272 e. The van der Waals surface area contributed by atoms with Crippen LogP contribution in [-0.4, -0.2) is 59.6 Å². The molecule has 1 aromatic carbocycles. The Hall–Kier alpha value is -2.85. The zero-order valence-corrected chi connectivity index (χ0v) is 14.5. The molecule has 0 unspecified atom stereocenters. The maximum Gasteiger partial charge on any atom is 0.272 e. The lowest BCUT2D eigenvalue weighted by Gasteiger charge is -2.33. The van der Waals surface area contributed by atoms with E-state index >= 15 is 0 Å². The second-order valence-corrected chi connectivity index (χ2v) is 7.60. The number of nitro groups is 1. The van der Waals surface area contributed by atoms with Crippen molar-refractivity contribution in [2.24, 2.45) is 0 Å². The second kappa shape index (κ2) is 7.18. The van der Waals surface area contributed by atoms with Crippen molar-refractivity contribution >= 4 is 21.6 Å². The van der Waals surface area contributed by atoms with E-state index in [1.165, 1.54) is 22.6 Å². The highest BCUT2D eigenvalue weighted by molar-refractivity contribution is 7.89. The highest BCUT2D eigenvalue weighted by Crippen LogP contribution is 2.21. The molecule has 10 heteroatoms. The van der Waals surface area contributed by atoms with Crippen molar-refractivity contribution in [2.45, 2.75) is 4.90 Å². The Morgan fingerprint density at radius 1 is 1.04 bits per heavy atom. The lowest BCUT2D eigenvalue weighted by Crippen LogP contribution is -2.50. The molecule has 0 N–H and O–H groups in total. The van der Waals surface area contributed by atoms with Gasteiger partial charge in [-0.2, -0.15) is 4.31 Å². The van der Waals surface area contributed by atoms with Gasteiger partial charge in [0.1, 0.15) is 5.69 Å². The molecule has 0 atom stereocenters. The predicted octanol–water partition coefficient (Wildman–Crippen LogP) is 1.14. The minimum Gasteiger partial charge on any atom is -0.335 e. The van der Waals surface area contributed by atoms with E-state index < -0.39 is 14.9 Å². The zero-order valence-electron chi connectivity index (χ0n) is 13.7. The molecule has 0 spiro atoms. The van der Waals surface area contributed by atoms with Crippen LogP contribution in [-0.2, 0) is 10.0 Å². The van der Waals surface area contributed by atoms with E-state index in [1.807, 2.05) is 0 Å². The fraction of sp³-hybridized carbons (Fsp3) is 0.250. The monoisotopic (exact) mass is 376 g/mol. The van der Waals surface area contributed by atoms with Crippen molar-refractivity contribution in [1.29, 1.82) is 0 Å². The Morgan fingerprint density at radius 2 is 1.69 bits per heavy atom. The fourth-order valence-corrected chi connectivity index (χ4v) is 4.09. The van der Waals surface area contributed by atoms with Gasteiger partial charge in [0.25, 0.3) is 11.6 Å². The third-order valence-electron chi connectivity index (χ3n) is 4.10. The first kappa shape index (κ1) is 18.0. The van der Waals surface area contributed by atoms with Gasteiger partial charge in [0.15, 0.2) is 0 Å². The summed E-state index contributed by atoms with van der Waals surface area (Å²) in [6.07, 6.45) is 1.53. The first-order valence-electron chi connectivity index (χ1n) is 7.84. The van der Waals surface area contributed by atoms with Crippen molar-refractivity contribution in [3.8, 4) is 0 Å². The highest BCUT2D eigenvalue weighted by Gasteiger charge is 2.31.